The second-order valence-corrected chi connectivity index (χ2v) is 6.07. The van der Waals surface area contributed by atoms with Crippen LogP contribution in [-0.4, -0.2) is 54.3 Å². The number of aromatic nitrogens is 3. The third kappa shape index (κ3) is 4.27. The fraction of sp³-hybridized carbons (Fsp3) is 0.714. The predicted molar refractivity (Wildman–Crippen MR) is 80.7 cm³/mol. The van der Waals surface area contributed by atoms with Crippen molar-refractivity contribution < 1.29 is 14.3 Å². The molecule has 122 valence electrons. The van der Waals surface area contributed by atoms with Crippen molar-refractivity contribution in [2.24, 2.45) is 5.41 Å². The van der Waals surface area contributed by atoms with Gasteiger partial charge >= 0.3 is 6.01 Å². The average molecular weight is 309 g/mol. The second kappa shape index (κ2) is 6.87. The number of rotatable bonds is 4. The van der Waals surface area contributed by atoms with Gasteiger partial charge in [-0.15, -0.1) is 0 Å². The third-order valence-electron chi connectivity index (χ3n) is 3.21. The van der Waals surface area contributed by atoms with E-state index in [2.05, 4.69) is 20.3 Å². The number of morpholine rings is 1. The van der Waals surface area contributed by atoms with Crippen LogP contribution in [0.4, 0.5) is 5.95 Å². The highest BCUT2D eigenvalue weighted by Crippen LogP contribution is 2.15. The van der Waals surface area contributed by atoms with Crippen LogP contribution in [0.5, 0.6) is 6.01 Å². The van der Waals surface area contributed by atoms with E-state index in [1.165, 1.54) is 7.11 Å². The van der Waals surface area contributed by atoms with Crippen molar-refractivity contribution in [2.45, 2.75) is 27.3 Å². The first-order valence-electron chi connectivity index (χ1n) is 7.30. The summed E-state index contributed by atoms with van der Waals surface area (Å²) in [7, 11) is 1.51. The van der Waals surface area contributed by atoms with Crippen molar-refractivity contribution in [3.63, 3.8) is 0 Å². The van der Waals surface area contributed by atoms with Gasteiger partial charge in [-0.05, 0) is 0 Å². The predicted octanol–water partition coefficient (Wildman–Crippen LogP) is 0.379. The fourth-order valence-corrected chi connectivity index (χ4v) is 1.89. The van der Waals surface area contributed by atoms with E-state index >= 15 is 0 Å². The van der Waals surface area contributed by atoms with E-state index in [1.54, 1.807) is 0 Å². The Morgan fingerprint density at radius 2 is 1.95 bits per heavy atom. The maximum atomic E-state index is 11.9. The molecular formula is C14H23N5O3. The summed E-state index contributed by atoms with van der Waals surface area (Å²) in [5.41, 5.74) is -0.454. The van der Waals surface area contributed by atoms with E-state index in [0.717, 1.165) is 13.1 Å². The van der Waals surface area contributed by atoms with Crippen molar-refractivity contribution in [3.05, 3.63) is 5.82 Å². The molecular weight excluding hydrogens is 286 g/mol. The number of carbonyl (C=O) groups excluding carboxylic acids is 1. The Morgan fingerprint density at radius 3 is 2.55 bits per heavy atom. The number of nitrogens with zero attached hydrogens (tertiary/aromatic N) is 4. The molecule has 1 amide bonds. The van der Waals surface area contributed by atoms with Crippen LogP contribution in [-0.2, 0) is 16.1 Å². The lowest BCUT2D eigenvalue weighted by molar-refractivity contribution is -0.128. The van der Waals surface area contributed by atoms with Gasteiger partial charge in [0.1, 0.15) is 0 Å². The van der Waals surface area contributed by atoms with Gasteiger partial charge in [-0.25, -0.2) is 0 Å². The number of ether oxygens (including phenoxy) is 2. The molecule has 0 bridgehead atoms. The first kappa shape index (κ1) is 16.4. The lowest BCUT2D eigenvalue weighted by atomic mass is 9.96. The Bertz CT molecular complexity index is 524. The molecule has 0 unspecified atom stereocenters. The first-order valence-corrected chi connectivity index (χ1v) is 7.30. The van der Waals surface area contributed by atoms with Crippen LogP contribution in [0.1, 0.15) is 26.6 Å². The van der Waals surface area contributed by atoms with Gasteiger partial charge in [0.25, 0.3) is 0 Å². The summed E-state index contributed by atoms with van der Waals surface area (Å²) in [5.74, 6) is 0.973. The Balaban J connectivity index is 2.11. The molecule has 1 N–H and O–H groups in total. The quantitative estimate of drug-likeness (QED) is 0.860. The molecule has 8 nitrogen and oxygen atoms in total. The van der Waals surface area contributed by atoms with E-state index in [1.807, 2.05) is 25.7 Å². The van der Waals surface area contributed by atoms with Crippen molar-refractivity contribution >= 4 is 11.9 Å². The monoisotopic (exact) mass is 309 g/mol. The number of nitrogens with one attached hydrogen (secondary N) is 1. The number of anilines is 1. The molecule has 1 aromatic heterocycles. The molecule has 1 aliphatic rings. The van der Waals surface area contributed by atoms with Crippen LogP contribution >= 0.6 is 0 Å². The molecule has 0 saturated carbocycles. The highest BCUT2D eigenvalue weighted by molar-refractivity contribution is 5.81. The molecule has 1 aromatic rings. The van der Waals surface area contributed by atoms with Gasteiger partial charge in [0.15, 0.2) is 5.82 Å². The summed E-state index contributed by atoms with van der Waals surface area (Å²) in [6.07, 6.45) is 0. The van der Waals surface area contributed by atoms with E-state index in [-0.39, 0.29) is 18.5 Å². The Morgan fingerprint density at radius 1 is 1.27 bits per heavy atom. The molecule has 2 rings (SSSR count). The zero-order chi connectivity index (χ0) is 16.2. The molecule has 0 aromatic carbocycles. The Hall–Kier alpha value is -1.96. The first-order chi connectivity index (χ1) is 10.4. The molecule has 1 fully saturated rings. The molecule has 22 heavy (non-hydrogen) atoms. The number of amides is 1. The number of carbonyl (C=O) groups is 1. The summed E-state index contributed by atoms with van der Waals surface area (Å²) < 4.78 is 10.5. The minimum Gasteiger partial charge on any atom is -0.467 e. The largest absolute Gasteiger partial charge is 0.467 e. The second-order valence-electron chi connectivity index (χ2n) is 6.07. The zero-order valence-corrected chi connectivity index (χ0v) is 13.5. The van der Waals surface area contributed by atoms with Crippen molar-refractivity contribution in [1.29, 1.82) is 0 Å². The van der Waals surface area contributed by atoms with Crippen LogP contribution in [0.2, 0.25) is 0 Å². The summed E-state index contributed by atoms with van der Waals surface area (Å²) >= 11 is 0. The molecule has 1 saturated heterocycles. The minimum absolute atomic E-state index is 0.0557. The topological polar surface area (TPSA) is 89.5 Å². The Kier molecular flexibility index (Phi) is 5.12. The standard InChI is InChI=1S/C14H23N5O3/c1-14(2,3)11(20)15-9-10-16-12(18-13(17-10)21-4)19-5-7-22-8-6-19/h5-9H2,1-4H3,(H,15,20). The third-order valence-corrected chi connectivity index (χ3v) is 3.21. The number of hydrogen-bond acceptors (Lipinski definition) is 7. The molecule has 8 heteroatoms. The van der Waals surface area contributed by atoms with E-state index in [9.17, 15) is 4.79 Å². The van der Waals surface area contributed by atoms with E-state index in [0.29, 0.717) is 25.0 Å². The lowest BCUT2D eigenvalue weighted by Crippen LogP contribution is -2.38. The average Bonchev–Trinajstić information content (AvgIpc) is 2.52. The van der Waals surface area contributed by atoms with Gasteiger partial charge in [0.2, 0.25) is 11.9 Å². The summed E-state index contributed by atoms with van der Waals surface area (Å²) in [5, 5.41) is 2.83. The van der Waals surface area contributed by atoms with E-state index < -0.39 is 5.41 Å². The number of methoxy groups -OCH3 is 1. The van der Waals surface area contributed by atoms with Crippen molar-refractivity contribution in [2.75, 3.05) is 38.3 Å². The zero-order valence-electron chi connectivity index (χ0n) is 13.5. The van der Waals surface area contributed by atoms with Crippen LogP contribution in [0.3, 0.4) is 0 Å². The van der Waals surface area contributed by atoms with Gasteiger partial charge in [0, 0.05) is 18.5 Å². The van der Waals surface area contributed by atoms with Gasteiger partial charge in [0.05, 0.1) is 26.9 Å². The van der Waals surface area contributed by atoms with E-state index in [4.69, 9.17) is 9.47 Å². The molecule has 0 aliphatic carbocycles. The van der Waals surface area contributed by atoms with Gasteiger partial charge in [-0.2, -0.15) is 15.0 Å². The smallest absolute Gasteiger partial charge is 0.321 e. The molecule has 0 spiro atoms. The van der Waals surface area contributed by atoms with Crippen LogP contribution in [0.15, 0.2) is 0 Å². The SMILES string of the molecule is COc1nc(CNC(=O)C(C)(C)C)nc(N2CCOCC2)n1. The highest BCUT2D eigenvalue weighted by atomic mass is 16.5. The van der Waals surface area contributed by atoms with Gasteiger partial charge in [-0.1, -0.05) is 20.8 Å². The van der Waals surface area contributed by atoms with Crippen LogP contribution < -0.4 is 15.0 Å². The summed E-state index contributed by atoms with van der Waals surface area (Å²) in [6.45, 7) is 8.54. The normalized spacial score (nSPS) is 15.5. The maximum absolute atomic E-state index is 11.9. The molecule has 1 aliphatic heterocycles. The summed E-state index contributed by atoms with van der Waals surface area (Å²) in [6, 6.07) is 0.247. The van der Waals surface area contributed by atoms with Gasteiger partial charge < -0.3 is 19.7 Å². The minimum atomic E-state index is -0.454. The molecule has 0 radical (unpaired) electrons. The van der Waals surface area contributed by atoms with Crippen molar-refractivity contribution in [3.8, 4) is 6.01 Å². The maximum Gasteiger partial charge on any atom is 0.321 e. The molecule has 0 atom stereocenters. The van der Waals surface area contributed by atoms with Gasteiger partial charge in [-0.3, -0.25) is 4.79 Å². The lowest BCUT2D eigenvalue weighted by Gasteiger charge is -2.27. The summed E-state index contributed by atoms with van der Waals surface area (Å²) in [4.78, 5) is 26.8. The number of hydrogen-bond donors (Lipinski definition) is 1. The molecule has 2 heterocycles. The van der Waals surface area contributed by atoms with Crippen molar-refractivity contribution in [1.82, 2.24) is 20.3 Å². The van der Waals surface area contributed by atoms with Crippen LogP contribution in [0, 0.1) is 5.41 Å². The highest BCUT2D eigenvalue weighted by Gasteiger charge is 2.22. The van der Waals surface area contributed by atoms with Crippen LogP contribution in [0.25, 0.3) is 0 Å². The Labute approximate surface area is 130 Å². The fourth-order valence-electron chi connectivity index (χ4n) is 1.89.